The molecular formula is C9H12N2O. The van der Waals surface area contributed by atoms with E-state index in [4.69, 9.17) is 0 Å². The summed E-state index contributed by atoms with van der Waals surface area (Å²) in [7, 11) is 1.86. The van der Waals surface area contributed by atoms with Crippen molar-refractivity contribution >= 4 is 0 Å². The number of aliphatic hydroxyl groups is 1. The van der Waals surface area contributed by atoms with E-state index in [-0.39, 0.29) is 0 Å². The Labute approximate surface area is 72.1 Å². The molecule has 1 heterocycles. The lowest BCUT2D eigenvalue weighted by molar-refractivity contribution is 0.143. The van der Waals surface area contributed by atoms with Crippen LogP contribution in [0.5, 0.6) is 0 Å². The molecule has 0 unspecified atom stereocenters. The fourth-order valence-corrected chi connectivity index (χ4v) is 0.695. The van der Waals surface area contributed by atoms with E-state index in [0.29, 0.717) is 5.82 Å². The smallest absolute Gasteiger partial charge is 0.185 e. The minimum absolute atomic E-state index is 0.664. The highest BCUT2D eigenvalue weighted by Gasteiger charge is 2.06. The fourth-order valence-electron chi connectivity index (χ4n) is 0.695. The zero-order chi connectivity index (χ0) is 9.19. The van der Waals surface area contributed by atoms with Crippen LogP contribution < -0.4 is 0 Å². The average Bonchev–Trinajstić information content (AvgIpc) is 2.29. The van der Waals surface area contributed by atoms with E-state index in [9.17, 15) is 5.11 Å². The van der Waals surface area contributed by atoms with Crippen LogP contribution in [-0.2, 0) is 7.05 Å². The zero-order valence-electron chi connectivity index (χ0n) is 7.50. The fraction of sp³-hybridized carbons (Fsp3) is 0.444. The van der Waals surface area contributed by atoms with E-state index in [2.05, 4.69) is 16.8 Å². The predicted molar refractivity (Wildman–Crippen MR) is 46.4 cm³/mol. The lowest BCUT2D eigenvalue weighted by atomic mass is 10.1. The van der Waals surface area contributed by atoms with Gasteiger partial charge in [0.15, 0.2) is 5.82 Å². The Hall–Kier alpha value is -1.27. The molecule has 0 aliphatic rings. The van der Waals surface area contributed by atoms with Crippen LogP contribution in [0.15, 0.2) is 12.4 Å². The molecule has 3 nitrogen and oxygen atoms in total. The standard InChI is InChI=1S/C9H12N2O/c1-9(2,12)5-4-8-10-6-7-11(8)3/h6-7,12H,1-3H3. The van der Waals surface area contributed by atoms with Gasteiger partial charge in [-0.25, -0.2) is 4.98 Å². The maximum Gasteiger partial charge on any atom is 0.185 e. The molecule has 0 atom stereocenters. The molecule has 1 N–H and O–H groups in total. The summed E-state index contributed by atoms with van der Waals surface area (Å²) >= 11 is 0. The maximum atomic E-state index is 9.30. The first kappa shape index (κ1) is 8.82. The number of aryl methyl sites for hydroxylation is 1. The van der Waals surface area contributed by atoms with Crippen molar-refractivity contribution in [1.29, 1.82) is 0 Å². The van der Waals surface area contributed by atoms with E-state index in [1.807, 2.05) is 13.2 Å². The van der Waals surface area contributed by atoms with E-state index >= 15 is 0 Å². The summed E-state index contributed by atoms with van der Waals surface area (Å²) in [5, 5.41) is 9.30. The van der Waals surface area contributed by atoms with Gasteiger partial charge in [0, 0.05) is 19.4 Å². The summed E-state index contributed by atoms with van der Waals surface area (Å²) in [5.74, 6) is 6.14. The van der Waals surface area contributed by atoms with Crippen molar-refractivity contribution in [2.45, 2.75) is 19.4 Å². The second kappa shape index (κ2) is 3.00. The Kier molecular flexibility index (Phi) is 2.20. The van der Waals surface area contributed by atoms with Crippen LogP contribution in [-0.4, -0.2) is 20.3 Å². The normalized spacial score (nSPS) is 10.7. The largest absolute Gasteiger partial charge is 0.378 e. The van der Waals surface area contributed by atoms with E-state index in [1.54, 1.807) is 24.6 Å². The van der Waals surface area contributed by atoms with Crippen LogP contribution in [0.25, 0.3) is 0 Å². The molecule has 0 amide bonds. The van der Waals surface area contributed by atoms with Crippen molar-refractivity contribution in [1.82, 2.24) is 9.55 Å². The van der Waals surface area contributed by atoms with E-state index < -0.39 is 5.60 Å². The second-order valence-electron chi connectivity index (χ2n) is 3.17. The van der Waals surface area contributed by atoms with Gasteiger partial charge in [0.2, 0.25) is 0 Å². The van der Waals surface area contributed by atoms with Gasteiger partial charge in [0.25, 0.3) is 0 Å². The van der Waals surface area contributed by atoms with Crippen molar-refractivity contribution in [2.75, 3.05) is 0 Å². The zero-order valence-corrected chi connectivity index (χ0v) is 7.50. The van der Waals surface area contributed by atoms with Crippen LogP contribution >= 0.6 is 0 Å². The third-order valence-corrected chi connectivity index (χ3v) is 1.30. The number of imidazole rings is 1. The Balaban J connectivity index is 2.87. The number of hydrogen-bond donors (Lipinski definition) is 1. The van der Waals surface area contributed by atoms with Gasteiger partial charge >= 0.3 is 0 Å². The van der Waals surface area contributed by atoms with Crippen molar-refractivity contribution in [3.63, 3.8) is 0 Å². The Bertz CT molecular complexity index is 322. The molecule has 0 aromatic carbocycles. The summed E-state index contributed by atoms with van der Waals surface area (Å²) in [6.07, 6.45) is 3.49. The predicted octanol–water partition coefficient (Wildman–Crippen LogP) is 0.542. The van der Waals surface area contributed by atoms with Crippen LogP contribution in [0.4, 0.5) is 0 Å². The first-order chi connectivity index (χ1) is 5.49. The topological polar surface area (TPSA) is 38.0 Å². The molecule has 0 radical (unpaired) electrons. The van der Waals surface area contributed by atoms with Crippen molar-refractivity contribution in [3.8, 4) is 11.8 Å². The molecule has 64 valence electrons. The molecule has 0 spiro atoms. The first-order valence-electron chi connectivity index (χ1n) is 3.72. The highest BCUT2D eigenvalue weighted by molar-refractivity contribution is 5.25. The van der Waals surface area contributed by atoms with Crippen LogP contribution in [0.2, 0.25) is 0 Å². The summed E-state index contributed by atoms with van der Waals surface area (Å²) in [6, 6.07) is 0. The quantitative estimate of drug-likeness (QED) is 0.568. The van der Waals surface area contributed by atoms with Crippen LogP contribution in [0, 0.1) is 11.8 Å². The third kappa shape index (κ3) is 2.40. The lowest BCUT2D eigenvalue weighted by Gasteiger charge is -2.05. The minimum Gasteiger partial charge on any atom is -0.378 e. The van der Waals surface area contributed by atoms with E-state index in [0.717, 1.165) is 0 Å². The molecule has 0 aliphatic carbocycles. The molecule has 3 heteroatoms. The number of aromatic nitrogens is 2. The molecule has 1 rings (SSSR count). The Morgan fingerprint density at radius 3 is 2.67 bits per heavy atom. The minimum atomic E-state index is -0.952. The van der Waals surface area contributed by atoms with Gasteiger partial charge in [-0.1, -0.05) is 5.92 Å². The van der Waals surface area contributed by atoms with Gasteiger partial charge in [-0.15, -0.1) is 0 Å². The van der Waals surface area contributed by atoms with Crippen molar-refractivity contribution < 1.29 is 5.11 Å². The lowest BCUT2D eigenvalue weighted by Crippen LogP contribution is -2.14. The van der Waals surface area contributed by atoms with Crippen LogP contribution in [0.3, 0.4) is 0 Å². The van der Waals surface area contributed by atoms with Crippen LogP contribution in [0.1, 0.15) is 19.7 Å². The van der Waals surface area contributed by atoms with Gasteiger partial charge in [0.1, 0.15) is 5.60 Å². The van der Waals surface area contributed by atoms with Gasteiger partial charge in [-0.05, 0) is 19.8 Å². The van der Waals surface area contributed by atoms with Gasteiger partial charge < -0.3 is 9.67 Å². The molecule has 0 saturated heterocycles. The maximum absolute atomic E-state index is 9.30. The molecule has 1 aromatic rings. The van der Waals surface area contributed by atoms with Gasteiger partial charge in [-0.3, -0.25) is 0 Å². The molecular weight excluding hydrogens is 152 g/mol. The second-order valence-corrected chi connectivity index (χ2v) is 3.17. The highest BCUT2D eigenvalue weighted by atomic mass is 16.3. The molecule has 0 aliphatic heterocycles. The van der Waals surface area contributed by atoms with Crippen molar-refractivity contribution in [2.24, 2.45) is 7.05 Å². The summed E-state index contributed by atoms with van der Waals surface area (Å²) in [5.41, 5.74) is -0.952. The Morgan fingerprint density at radius 1 is 1.58 bits per heavy atom. The Morgan fingerprint density at radius 2 is 2.25 bits per heavy atom. The number of hydrogen-bond acceptors (Lipinski definition) is 2. The number of rotatable bonds is 0. The summed E-state index contributed by atoms with van der Waals surface area (Å²) in [4.78, 5) is 4.00. The summed E-state index contributed by atoms with van der Waals surface area (Å²) < 4.78 is 1.80. The van der Waals surface area contributed by atoms with Gasteiger partial charge in [0.05, 0.1) is 0 Å². The molecule has 0 saturated carbocycles. The third-order valence-electron chi connectivity index (χ3n) is 1.30. The molecule has 0 fully saturated rings. The van der Waals surface area contributed by atoms with Gasteiger partial charge in [-0.2, -0.15) is 0 Å². The van der Waals surface area contributed by atoms with Crippen molar-refractivity contribution in [3.05, 3.63) is 18.2 Å². The average molecular weight is 164 g/mol. The van der Waals surface area contributed by atoms with E-state index in [1.165, 1.54) is 0 Å². The highest BCUT2D eigenvalue weighted by Crippen LogP contribution is 1.98. The molecule has 1 aromatic heterocycles. The first-order valence-corrected chi connectivity index (χ1v) is 3.72. The molecule has 0 bridgehead atoms. The number of nitrogens with zero attached hydrogens (tertiary/aromatic N) is 2. The SMILES string of the molecule is Cn1ccnc1C#CC(C)(C)O. The molecule has 12 heavy (non-hydrogen) atoms. The summed E-state index contributed by atoms with van der Waals surface area (Å²) in [6.45, 7) is 3.28. The monoisotopic (exact) mass is 164 g/mol.